The second-order valence-electron chi connectivity index (χ2n) is 6.43. The number of nitro groups is 1. The molecule has 0 bridgehead atoms. The molecule has 3 aromatic rings. The van der Waals surface area contributed by atoms with Crippen LogP contribution in [-0.2, 0) is 4.79 Å². The van der Waals surface area contributed by atoms with Crippen LogP contribution in [0.2, 0.25) is 0 Å². The number of carbonyl (C=O) groups excluding carboxylic acids is 1. The van der Waals surface area contributed by atoms with Gasteiger partial charge in [-0.25, -0.2) is 4.98 Å². The third kappa shape index (κ3) is 5.89. The first-order valence-electron chi connectivity index (χ1n) is 9.50. The number of nitro benzene ring substituents is 1. The van der Waals surface area contributed by atoms with Crippen molar-refractivity contribution in [3.05, 3.63) is 69.6 Å². The maximum Gasteiger partial charge on any atom is 0.270 e. The highest BCUT2D eigenvalue weighted by atomic mass is 32.1. The van der Waals surface area contributed by atoms with Crippen LogP contribution in [0.4, 0.5) is 10.8 Å². The molecule has 31 heavy (non-hydrogen) atoms. The molecular weight excluding hydrogens is 418 g/mol. The maximum absolute atomic E-state index is 12.3. The molecule has 160 valence electrons. The number of carbonyl (C=O) groups is 1. The monoisotopic (exact) mass is 439 g/mol. The number of aromatic nitrogens is 1. The van der Waals surface area contributed by atoms with Crippen LogP contribution in [0.25, 0.3) is 17.3 Å². The number of hydrogen-bond donors (Lipinski definition) is 1. The predicted molar refractivity (Wildman–Crippen MR) is 121 cm³/mol. The molecule has 1 N–H and O–H groups in total. The fraction of sp³-hybridized carbons (Fsp3) is 0.182. The largest absolute Gasteiger partial charge is 0.493 e. The van der Waals surface area contributed by atoms with Crippen LogP contribution in [0.3, 0.4) is 0 Å². The fourth-order valence-electron chi connectivity index (χ4n) is 2.68. The van der Waals surface area contributed by atoms with E-state index in [9.17, 15) is 14.9 Å². The Morgan fingerprint density at radius 2 is 2.10 bits per heavy atom. The molecule has 8 nitrogen and oxygen atoms in total. The van der Waals surface area contributed by atoms with Gasteiger partial charge in [-0.05, 0) is 30.2 Å². The number of amides is 1. The zero-order valence-corrected chi connectivity index (χ0v) is 17.8. The third-order valence-electron chi connectivity index (χ3n) is 4.16. The van der Waals surface area contributed by atoms with Crippen molar-refractivity contribution in [2.24, 2.45) is 0 Å². The molecule has 9 heteroatoms. The van der Waals surface area contributed by atoms with Crippen molar-refractivity contribution in [3.63, 3.8) is 0 Å². The summed E-state index contributed by atoms with van der Waals surface area (Å²) in [6, 6.07) is 11.6. The van der Waals surface area contributed by atoms with E-state index in [0.717, 1.165) is 12.0 Å². The quantitative estimate of drug-likeness (QED) is 0.280. The first kappa shape index (κ1) is 22.0. The van der Waals surface area contributed by atoms with Gasteiger partial charge in [0.05, 0.1) is 24.3 Å². The number of anilines is 1. The predicted octanol–water partition coefficient (Wildman–Crippen LogP) is 5.17. The molecule has 0 aliphatic heterocycles. The first-order valence-corrected chi connectivity index (χ1v) is 10.4. The number of rotatable bonds is 9. The van der Waals surface area contributed by atoms with E-state index < -0.39 is 4.92 Å². The van der Waals surface area contributed by atoms with Gasteiger partial charge >= 0.3 is 0 Å². The van der Waals surface area contributed by atoms with E-state index >= 15 is 0 Å². The van der Waals surface area contributed by atoms with Gasteiger partial charge < -0.3 is 9.47 Å². The molecule has 0 atom stereocenters. The Bertz CT molecular complexity index is 1110. The number of methoxy groups -OCH3 is 1. The van der Waals surface area contributed by atoms with Crippen LogP contribution in [0.5, 0.6) is 11.5 Å². The van der Waals surface area contributed by atoms with Gasteiger partial charge in [0.1, 0.15) is 0 Å². The van der Waals surface area contributed by atoms with E-state index in [2.05, 4.69) is 10.3 Å². The van der Waals surface area contributed by atoms with Crippen molar-refractivity contribution in [1.29, 1.82) is 0 Å². The number of hydrogen-bond acceptors (Lipinski definition) is 7. The summed E-state index contributed by atoms with van der Waals surface area (Å²) in [5.74, 6) is 0.908. The van der Waals surface area contributed by atoms with Crippen LogP contribution < -0.4 is 14.8 Å². The molecule has 1 aromatic heterocycles. The van der Waals surface area contributed by atoms with Crippen molar-refractivity contribution >= 4 is 34.1 Å². The molecule has 0 saturated heterocycles. The normalized spacial score (nSPS) is 10.8. The summed E-state index contributed by atoms with van der Waals surface area (Å²) in [5, 5.41) is 15.8. The van der Waals surface area contributed by atoms with Crippen LogP contribution >= 0.6 is 11.3 Å². The standard InChI is InChI=1S/C22H21N3O5S/c1-3-11-30-19-9-7-15(12-20(19)29-2)8-10-21(26)24-22-23-18(14-31-22)16-5-4-6-17(13-16)25(27)28/h4-10,12-14H,3,11H2,1-2H3,(H,23,24,26)/b10-8+. The Labute approximate surface area is 183 Å². The lowest BCUT2D eigenvalue weighted by molar-refractivity contribution is -0.384. The summed E-state index contributed by atoms with van der Waals surface area (Å²) in [5.41, 5.74) is 1.94. The lowest BCUT2D eigenvalue weighted by Crippen LogP contribution is -2.07. The SMILES string of the molecule is CCCOc1ccc(/C=C/C(=O)Nc2nc(-c3cccc([N+](=O)[O-])c3)cs2)cc1OC. The van der Waals surface area contributed by atoms with Gasteiger partial charge in [0.15, 0.2) is 16.6 Å². The van der Waals surface area contributed by atoms with E-state index in [4.69, 9.17) is 9.47 Å². The molecule has 1 heterocycles. The van der Waals surface area contributed by atoms with E-state index in [-0.39, 0.29) is 11.6 Å². The Morgan fingerprint density at radius 1 is 1.26 bits per heavy atom. The number of ether oxygens (including phenoxy) is 2. The Kier molecular flexibility index (Phi) is 7.34. The van der Waals surface area contributed by atoms with E-state index in [1.807, 2.05) is 13.0 Å². The van der Waals surface area contributed by atoms with Gasteiger partial charge in [-0.1, -0.05) is 25.1 Å². The van der Waals surface area contributed by atoms with Crippen molar-refractivity contribution in [3.8, 4) is 22.8 Å². The van der Waals surface area contributed by atoms with Gasteiger partial charge in [-0.3, -0.25) is 20.2 Å². The zero-order chi connectivity index (χ0) is 22.2. The van der Waals surface area contributed by atoms with E-state index in [1.54, 1.807) is 42.8 Å². The van der Waals surface area contributed by atoms with Gasteiger partial charge in [0, 0.05) is 29.2 Å². The highest BCUT2D eigenvalue weighted by Gasteiger charge is 2.11. The molecule has 0 radical (unpaired) electrons. The maximum atomic E-state index is 12.3. The van der Waals surface area contributed by atoms with Gasteiger partial charge in [-0.2, -0.15) is 0 Å². The van der Waals surface area contributed by atoms with E-state index in [0.29, 0.717) is 34.5 Å². The molecule has 0 unspecified atom stereocenters. The van der Waals surface area contributed by atoms with Crippen molar-refractivity contribution in [1.82, 2.24) is 4.98 Å². The number of nitrogens with one attached hydrogen (secondary N) is 1. The van der Waals surface area contributed by atoms with Gasteiger partial charge in [-0.15, -0.1) is 11.3 Å². The summed E-state index contributed by atoms with van der Waals surface area (Å²) in [6.45, 7) is 2.62. The molecule has 0 fully saturated rings. The van der Waals surface area contributed by atoms with Crippen molar-refractivity contribution < 1.29 is 19.2 Å². The average molecular weight is 439 g/mol. The van der Waals surface area contributed by atoms with Crippen LogP contribution in [0.1, 0.15) is 18.9 Å². The molecule has 2 aromatic carbocycles. The minimum Gasteiger partial charge on any atom is -0.493 e. The molecule has 0 spiro atoms. The molecule has 1 amide bonds. The zero-order valence-electron chi connectivity index (χ0n) is 17.0. The summed E-state index contributed by atoms with van der Waals surface area (Å²) in [4.78, 5) is 27.1. The third-order valence-corrected chi connectivity index (χ3v) is 4.92. The number of non-ortho nitro benzene ring substituents is 1. The lowest BCUT2D eigenvalue weighted by Gasteiger charge is -2.10. The van der Waals surface area contributed by atoms with Gasteiger partial charge in [0.2, 0.25) is 5.91 Å². The molecular formula is C22H21N3O5S. The average Bonchev–Trinajstić information content (AvgIpc) is 3.25. The van der Waals surface area contributed by atoms with Gasteiger partial charge in [0.25, 0.3) is 5.69 Å². The molecule has 3 rings (SSSR count). The highest BCUT2D eigenvalue weighted by Crippen LogP contribution is 2.29. The first-order chi connectivity index (χ1) is 15.0. The molecule has 0 aliphatic carbocycles. The summed E-state index contributed by atoms with van der Waals surface area (Å²) >= 11 is 1.24. The van der Waals surface area contributed by atoms with Crippen molar-refractivity contribution in [2.45, 2.75) is 13.3 Å². The lowest BCUT2D eigenvalue weighted by atomic mass is 10.1. The Morgan fingerprint density at radius 3 is 2.84 bits per heavy atom. The van der Waals surface area contributed by atoms with Crippen LogP contribution in [-0.4, -0.2) is 29.5 Å². The summed E-state index contributed by atoms with van der Waals surface area (Å²) in [6.07, 6.45) is 3.96. The van der Waals surface area contributed by atoms with Crippen LogP contribution in [0.15, 0.2) is 53.9 Å². The summed E-state index contributed by atoms with van der Waals surface area (Å²) in [7, 11) is 1.57. The Balaban J connectivity index is 1.65. The molecule has 0 aliphatic rings. The second-order valence-corrected chi connectivity index (χ2v) is 7.28. The fourth-order valence-corrected chi connectivity index (χ4v) is 3.40. The van der Waals surface area contributed by atoms with Crippen LogP contribution in [0, 0.1) is 10.1 Å². The molecule has 0 saturated carbocycles. The minimum absolute atomic E-state index is 0.0134. The highest BCUT2D eigenvalue weighted by molar-refractivity contribution is 7.14. The minimum atomic E-state index is -0.458. The number of nitrogens with zero attached hydrogens (tertiary/aromatic N) is 2. The number of benzene rings is 2. The smallest absolute Gasteiger partial charge is 0.270 e. The second kappa shape index (κ2) is 10.4. The van der Waals surface area contributed by atoms with Crippen molar-refractivity contribution in [2.75, 3.05) is 19.0 Å². The number of thiazole rings is 1. The Hall–Kier alpha value is -3.72. The topological polar surface area (TPSA) is 104 Å². The van der Waals surface area contributed by atoms with E-state index in [1.165, 1.54) is 29.5 Å². The summed E-state index contributed by atoms with van der Waals surface area (Å²) < 4.78 is 11.0.